The quantitative estimate of drug-likeness (QED) is 0.771. The zero-order valence-corrected chi connectivity index (χ0v) is 10.3. The second-order valence-corrected chi connectivity index (χ2v) is 4.24. The van der Waals surface area contributed by atoms with Crippen LogP contribution in [0.4, 0.5) is 0 Å². The molecule has 0 aliphatic carbocycles. The molecule has 2 rings (SSSR count). The van der Waals surface area contributed by atoms with Crippen molar-refractivity contribution < 1.29 is 0 Å². The second kappa shape index (κ2) is 6.21. The maximum atomic E-state index is 4.11. The van der Waals surface area contributed by atoms with Crippen LogP contribution in [0.1, 0.15) is 17.7 Å². The van der Waals surface area contributed by atoms with E-state index in [1.807, 2.05) is 18.6 Å². The van der Waals surface area contributed by atoms with Crippen LogP contribution in [0.3, 0.4) is 0 Å². The fourth-order valence-corrected chi connectivity index (χ4v) is 1.82. The van der Waals surface area contributed by atoms with Crippen molar-refractivity contribution in [2.24, 2.45) is 0 Å². The molecule has 17 heavy (non-hydrogen) atoms. The van der Waals surface area contributed by atoms with Crippen LogP contribution < -0.4 is 5.32 Å². The van der Waals surface area contributed by atoms with Gasteiger partial charge >= 0.3 is 0 Å². The summed E-state index contributed by atoms with van der Waals surface area (Å²) in [5, 5.41) is 3.45. The van der Waals surface area contributed by atoms with Crippen molar-refractivity contribution >= 4 is 0 Å². The molecule has 1 heterocycles. The van der Waals surface area contributed by atoms with Gasteiger partial charge in [-0.3, -0.25) is 0 Å². The van der Waals surface area contributed by atoms with Gasteiger partial charge in [-0.1, -0.05) is 30.3 Å². The summed E-state index contributed by atoms with van der Waals surface area (Å²) in [4.78, 5) is 4.11. The summed E-state index contributed by atoms with van der Waals surface area (Å²) in [6.07, 6.45) is 4.92. The summed E-state index contributed by atoms with van der Waals surface area (Å²) in [7, 11) is 0. The van der Waals surface area contributed by atoms with Crippen molar-refractivity contribution in [3.63, 3.8) is 0 Å². The molecule has 90 valence electrons. The van der Waals surface area contributed by atoms with Gasteiger partial charge in [-0.2, -0.15) is 0 Å². The minimum atomic E-state index is 0.948. The van der Waals surface area contributed by atoms with Gasteiger partial charge in [0.1, 0.15) is 0 Å². The molecule has 0 bridgehead atoms. The summed E-state index contributed by atoms with van der Waals surface area (Å²) in [5.74, 6) is 0. The lowest BCUT2D eigenvalue weighted by Gasteiger charge is -2.06. The Morgan fingerprint density at radius 2 is 2.06 bits per heavy atom. The first-order valence-corrected chi connectivity index (χ1v) is 6.07. The Hall–Kier alpha value is -1.61. The standard InChI is InChI=1S/C14H19N3/c1-13-10-16-12-17(13)9-5-8-15-11-14-6-3-2-4-7-14/h2-4,6-7,10,12,15H,5,8-9,11H2,1H3. The lowest BCUT2D eigenvalue weighted by molar-refractivity contribution is 0.574. The van der Waals surface area contributed by atoms with Gasteiger partial charge in [-0.05, 0) is 25.5 Å². The number of rotatable bonds is 6. The summed E-state index contributed by atoms with van der Waals surface area (Å²) < 4.78 is 2.18. The fourth-order valence-electron chi connectivity index (χ4n) is 1.82. The second-order valence-electron chi connectivity index (χ2n) is 4.24. The molecule has 1 N–H and O–H groups in total. The van der Waals surface area contributed by atoms with Crippen LogP contribution in [0.2, 0.25) is 0 Å². The number of nitrogens with zero attached hydrogens (tertiary/aromatic N) is 2. The molecule has 0 spiro atoms. The SMILES string of the molecule is Cc1cncn1CCCNCc1ccccc1. The Balaban J connectivity index is 1.63. The Morgan fingerprint density at radius 1 is 1.24 bits per heavy atom. The maximum absolute atomic E-state index is 4.11. The third kappa shape index (κ3) is 3.71. The molecule has 3 heteroatoms. The first kappa shape index (κ1) is 11.9. The molecule has 0 aliphatic heterocycles. The third-order valence-electron chi connectivity index (χ3n) is 2.84. The number of hydrogen-bond donors (Lipinski definition) is 1. The number of imidazole rings is 1. The monoisotopic (exact) mass is 229 g/mol. The summed E-state index contributed by atoms with van der Waals surface area (Å²) in [5.41, 5.74) is 2.57. The number of nitrogens with one attached hydrogen (secondary N) is 1. The predicted octanol–water partition coefficient (Wildman–Crippen LogP) is 2.37. The molecule has 0 radical (unpaired) electrons. The highest BCUT2D eigenvalue weighted by molar-refractivity contribution is 5.14. The van der Waals surface area contributed by atoms with Gasteiger partial charge in [0.05, 0.1) is 6.33 Å². The number of hydrogen-bond acceptors (Lipinski definition) is 2. The first-order chi connectivity index (χ1) is 8.36. The van der Waals surface area contributed by atoms with E-state index in [2.05, 4.69) is 46.1 Å². The van der Waals surface area contributed by atoms with E-state index in [0.29, 0.717) is 0 Å². The Kier molecular flexibility index (Phi) is 4.33. The normalized spacial score (nSPS) is 10.6. The van der Waals surface area contributed by atoms with Crippen molar-refractivity contribution in [3.8, 4) is 0 Å². The van der Waals surface area contributed by atoms with Crippen LogP contribution in [-0.2, 0) is 13.1 Å². The molecule has 3 nitrogen and oxygen atoms in total. The van der Waals surface area contributed by atoms with Crippen LogP contribution >= 0.6 is 0 Å². The van der Waals surface area contributed by atoms with E-state index in [0.717, 1.165) is 26.1 Å². The molecular weight excluding hydrogens is 210 g/mol. The zero-order valence-electron chi connectivity index (χ0n) is 10.3. The van der Waals surface area contributed by atoms with Gasteiger partial charge in [0.15, 0.2) is 0 Å². The molecule has 0 fully saturated rings. The van der Waals surface area contributed by atoms with Crippen LogP contribution in [0.15, 0.2) is 42.9 Å². The van der Waals surface area contributed by atoms with Crippen molar-refractivity contribution in [1.29, 1.82) is 0 Å². The molecule has 1 aromatic carbocycles. The average molecular weight is 229 g/mol. The lowest BCUT2D eigenvalue weighted by atomic mass is 10.2. The number of aromatic nitrogens is 2. The molecule has 0 aliphatic rings. The molecule has 2 aromatic rings. The Bertz CT molecular complexity index is 434. The molecule has 0 unspecified atom stereocenters. The maximum Gasteiger partial charge on any atom is 0.0948 e. The van der Waals surface area contributed by atoms with Gasteiger partial charge < -0.3 is 9.88 Å². The van der Waals surface area contributed by atoms with Crippen LogP contribution in [0.25, 0.3) is 0 Å². The molecule has 0 atom stereocenters. The minimum Gasteiger partial charge on any atom is -0.335 e. The highest BCUT2D eigenvalue weighted by Gasteiger charge is 1.95. The summed E-state index contributed by atoms with van der Waals surface area (Å²) >= 11 is 0. The minimum absolute atomic E-state index is 0.948. The third-order valence-corrected chi connectivity index (χ3v) is 2.84. The van der Waals surface area contributed by atoms with E-state index >= 15 is 0 Å². The largest absolute Gasteiger partial charge is 0.335 e. The van der Waals surface area contributed by atoms with Gasteiger partial charge in [0.25, 0.3) is 0 Å². The van der Waals surface area contributed by atoms with Crippen molar-refractivity contribution in [2.45, 2.75) is 26.4 Å². The smallest absolute Gasteiger partial charge is 0.0948 e. The molecule has 0 amide bonds. The summed E-state index contributed by atoms with van der Waals surface area (Å²) in [6, 6.07) is 10.5. The van der Waals surface area contributed by atoms with Gasteiger partial charge in [0.2, 0.25) is 0 Å². The predicted molar refractivity (Wildman–Crippen MR) is 69.7 cm³/mol. The first-order valence-electron chi connectivity index (χ1n) is 6.07. The Labute approximate surface area is 103 Å². The van der Waals surface area contributed by atoms with Gasteiger partial charge in [-0.25, -0.2) is 4.98 Å². The van der Waals surface area contributed by atoms with Crippen molar-refractivity contribution in [3.05, 3.63) is 54.1 Å². The van der Waals surface area contributed by atoms with E-state index in [4.69, 9.17) is 0 Å². The topological polar surface area (TPSA) is 29.9 Å². The van der Waals surface area contributed by atoms with Gasteiger partial charge in [-0.15, -0.1) is 0 Å². The van der Waals surface area contributed by atoms with E-state index in [9.17, 15) is 0 Å². The van der Waals surface area contributed by atoms with E-state index in [1.165, 1.54) is 11.3 Å². The summed E-state index contributed by atoms with van der Waals surface area (Å²) in [6.45, 7) is 5.11. The highest BCUT2D eigenvalue weighted by Crippen LogP contribution is 1.99. The van der Waals surface area contributed by atoms with E-state index in [1.54, 1.807) is 0 Å². The van der Waals surface area contributed by atoms with E-state index < -0.39 is 0 Å². The van der Waals surface area contributed by atoms with Gasteiger partial charge in [0, 0.05) is 25.0 Å². The number of benzene rings is 1. The highest BCUT2D eigenvalue weighted by atomic mass is 15.0. The molecular formula is C14H19N3. The molecule has 0 saturated carbocycles. The van der Waals surface area contributed by atoms with Crippen molar-refractivity contribution in [1.82, 2.24) is 14.9 Å². The van der Waals surface area contributed by atoms with Crippen LogP contribution in [0.5, 0.6) is 0 Å². The van der Waals surface area contributed by atoms with Crippen LogP contribution in [0, 0.1) is 6.92 Å². The molecule has 1 aromatic heterocycles. The lowest BCUT2D eigenvalue weighted by Crippen LogP contribution is -2.16. The zero-order chi connectivity index (χ0) is 11.9. The fraction of sp³-hybridized carbons (Fsp3) is 0.357. The average Bonchev–Trinajstić information content (AvgIpc) is 2.76. The van der Waals surface area contributed by atoms with E-state index in [-0.39, 0.29) is 0 Å². The van der Waals surface area contributed by atoms with Crippen molar-refractivity contribution in [2.75, 3.05) is 6.54 Å². The molecule has 0 saturated heterocycles. The van der Waals surface area contributed by atoms with Crippen LogP contribution in [-0.4, -0.2) is 16.1 Å². The number of aryl methyl sites for hydroxylation is 2. The Morgan fingerprint density at radius 3 is 2.76 bits per heavy atom.